The minimum atomic E-state index is -2.03. The lowest BCUT2D eigenvalue weighted by atomic mass is 9.89. The highest BCUT2D eigenvalue weighted by Crippen LogP contribution is 2.34. The number of aliphatic hydroxyl groups excluding tert-OH is 4. The summed E-state index contributed by atoms with van der Waals surface area (Å²) in [6.07, 6.45) is -8.99. The number of anilines is 1. The minimum absolute atomic E-state index is 0.0304. The highest BCUT2D eigenvalue weighted by atomic mass is 16.7. The lowest BCUT2D eigenvalue weighted by Gasteiger charge is -2.42. The average molecular weight is 1270 g/mol. The highest BCUT2D eigenvalue weighted by molar-refractivity contribution is 6.15. The number of carboxylic acid groups (broad SMARTS) is 1. The normalized spacial score (nSPS) is 22.8. The number of methoxy groups -OCH3 is 2. The van der Waals surface area contributed by atoms with E-state index in [2.05, 4.69) is 21.3 Å². The summed E-state index contributed by atoms with van der Waals surface area (Å²) in [7, 11) is 8.25. The first-order valence-electron chi connectivity index (χ1n) is 30.7. The minimum Gasteiger partial charge on any atom is -0.479 e. The molecule has 3 aliphatic heterocycles. The molecular formula is C63H96N9O18+. The van der Waals surface area contributed by atoms with Crippen LogP contribution < -0.4 is 31.7 Å². The first-order chi connectivity index (χ1) is 42.3. The number of carboxylic acids is 1. The summed E-state index contributed by atoms with van der Waals surface area (Å²) in [5.41, 5.74) is 6.85. The zero-order valence-corrected chi connectivity index (χ0v) is 53.9. The van der Waals surface area contributed by atoms with Crippen LogP contribution in [-0.4, -0.2) is 232 Å². The van der Waals surface area contributed by atoms with Gasteiger partial charge in [0.2, 0.25) is 35.8 Å². The maximum absolute atomic E-state index is 15.0. The number of carbonyl (C=O) groups is 9. The largest absolute Gasteiger partial charge is 0.479 e. The quantitative estimate of drug-likeness (QED) is 0.0353. The molecule has 0 bridgehead atoms. The van der Waals surface area contributed by atoms with Crippen molar-refractivity contribution in [1.29, 1.82) is 0 Å². The number of aliphatic hydroxyl groups is 4. The van der Waals surface area contributed by atoms with Crippen molar-refractivity contribution in [2.45, 2.75) is 179 Å². The SMILES string of the molecule is CCC(C)C(C(CC(=O)N1CCC[C@H]1C(OC)C(C)C(=O)NC(C)C(O)c1ccccc1)OC)N(C)C(=O)C(NC(=O)C(C(C)C)[N+](C)(C)Cc1ccc(O[C@@H]2O[C@H](C(=O)O)[C@@H](O)[C@H](O)[C@H]2O)c(NC(=O)CCNC(=O)C(CN)N2C(=O)C=CC2=O)c1)C(C)C. The second-order valence-corrected chi connectivity index (χ2v) is 25.0. The molecule has 16 atom stereocenters. The van der Waals surface area contributed by atoms with E-state index in [1.807, 2.05) is 59.7 Å². The van der Waals surface area contributed by atoms with Gasteiger partial charge in [-0.15, -0.1) is 0 Å². The van der Waals surface area contributed by atoms with Crippen molar-refractivity contribution < 1.29 is 92.1 Å². The van der Waals surface area contributed by atoms with Crippen molar-refractivity contribution in [2.75, 3.05) is 60.3 Å². The lowest BCUT2D eigenvalue weighted by molar-refractivity contribution is -0.922. The monoisotopic (exact) mass is 1270 g/mol. The Balaban J connectivity index is 1.34. The summed E-state index contributed by atoms with van der Waals surface area (Å²) in [6, 6.07) is 8.53. The molecule has 0 saturated carbocycles. The Kier molecular flexibility index (Phi) is 26.9. The standard InChI is InChI=1S/C63H95N9O18/c1-14-35(6)50(44(87-12)30-48(76)70-28-18-21-41(70)56(88-13)36(7)58(81)66-37(8)52(77)39-19-16-15-17-20-39)69(9)61(84)49(33(2)3)68-60(83)51(34(4)5)72(10,11)32-38-22-23-43(89-63-55(80)53(78)54(79)57(90-63)62(85)86)40(29-38)67-45(73)26-27-65-59(82)42(31-64)71-46(74)24-25-47(71)75/h15-17,19-20,22-25,29,33-37,41-42,44,49-57,63,77-80H,14,18,21,26-28,30-32,64H2,1-13H3,(H4-,65,66,67,68,73,81,82,83,85,86)/p+1/t35?,36?,37?,41-,42?,44?,49?,50?,51?,52?,53-,54-,55+,56?,57-,63+/m0/s1. The van der Waals surface area contributed by atoms with E-state index in [4.69, 9.17) is 24.7 Å². The maximum atomic E-state index is 15.0. The van der Waals surface area contributed by atoms with Gasteiger partial charge in [0.25, 0.3) is 17.7 Å². The van der Waals surface area contributed by atoms with Gasteiger partial charge in [-0.25, -0.2) is 4.79 Å². The molecule has 2 aromatic rings. The Hall–Kier alpha value is -6.95. The van der Waals surface area contributed by atoms with Crippen molar-refractivity contribution in [2.24, 2.45) is 29.4 Å². The Morgan fingerprint density at radius 1 is 0.844 bits per heavy atom. The summed E-state index contributed by atoms with van der Waals surface area (Å²) in [4.78, 5) is 125. The zero-order chi connectivity index (χ0) is 67.2. The van der Waals surface area contributed by atoms with Gasteiger partial charge in [0, 0.05) is 71.0 Å². The molecule has 3 aliphatic rings. The van der Waals surface area contributed by atoms with Crippen LogP contribution >= 0.6 is 0 Å². The number of nitrogens with zero attached hydrogens (tertiary/aromatic N) is 4. The molecule has 0 aliphatic carbocycles. The molecule has 2 aromatic carbocycles. The molecule has 27 heteroatoms. The van der Waals surface area contributed by atoms with Crippen molar-refractivity contribution in [1.82, 2.24) is 30.7 Å². The number of imide groups is 1. The number of rotatable bonds is 32. The zero-order valence-electron chi connectivity index (χ0n) is 53.9. The number of quaternary nitrogens is 1. The molecule has 90 heavy (non-hydrogen) atoms. The third-order valence-electron chi connectivity index (χ3n) is 17.4. The molecule has 8 amide bonds. The van der Waals surface area contributed by atoms with E-state index in [1.54, 1.807) is 63.0 Å². The number of likely N-dealkylation sites (tertiary alicyclic amines) is 1. The van der Waals surface area contributed by atoms with Crippen LogP contribution in [0.15, 0.2) is 60.7 Å². The van der Waals surface area contributed by atoms with Crippen LogP contribution in [0.3, 0.4) is 0 Å². The lowest BCUT2D eigenvalue weighted by Crippen LogP contribution is -2.63. The molecule has 0 aromatic heterocycles. The van der Waals surface area contributed by atoms with Crippen LogP contribution in [0.5, 0.6) is 5.75 Å². The Bertz CT molecular complexity index is 2840. The second-order valence-electron chi connectivity index (χ2n) is 25.0. The smallest absolute Gasteiger partial charge is 0.335 e. The summed E-state index contributed by atoms with van der Waals surface area (Å²) in [5, 5.41) is 63.6. The van der Waals surface area contributed by atoms with Gasteiger partial charge in [0.05, 0.1) is 68.6 Å². The fraction of sp³-hybridized carbons (Fsp3) is 0.635. The molecule has 0 spiro atoms. The average Bonchev–Trinajstić information content (AvgIpc) is 1.04. The number of nitrogens with one attached hydrogen (secondary N) is 4. The van der Waals surface area contributed by atoms with E-state index in [0.29, 0.717) is 41.8 Å². The number of ether oxygens (including phenoxy) is 4. The molecule has 27 nitrogen and oxygen atoms in total. The Morgan fingerprint density at radius 3 is 2.06 bits per heavy atom. The van der Waals surface area contributed by atoms with Gasteiger partial charge < -0.3 is 85.8 Å². The number of nitrogens with two attached hydrogens (primary N) is 1. The number of hydrogen-bond acceptors (Lipinski definition) is 18. The third kappa shape index (κ3) is 18.0. The molecule has 11 N–H and O–H groups in total. The fourth-order valence-electron chi connectivity index (χ4n) is 12.5. The second kappa shape index (κ2) is 32.9. The molecule has 0 radical (unpaired) electrons. The maximum Gasteiger partial charge on any atom is 0.335 e. The molecule has 10 unspecified atom stereocenters. The van der Waals surface area contributed by atoms with Gasteiger partial charge in [0.15, 0.2) is 12.1 Å². The van der Waals surface area contributed by atoms with Gasteiger partial charge in [-0.2, -0.15) is 0 Å². The van der Waals surface area contributed by atoms with E-state index in [1.165, 1.54) is 26.4 Å². The third-order valence-corrected chi connectivity index (χ3v) is 17.4. The van der Waals surface area contributed by atoms with Crippen molar-refractivity contribution >= 4 is 58.9 Å². The van der Waals surface area contributed by atoms with Crippen LogP contribution in [-0.2, 0) is 63.9 Å². The predicted molar refractivity (Wildman–Crippen MR) is 328 cm³/mol. The summed E-state index contributed by atoms with van der Waals surface area (Å²) in [5.74, 6) is -7.94. The number of amides is 8. The van der Waals surface area contributed by atoms with Crippen LogP contribution in [0.4, 0.5) is 5.69 Å². The molecule has 500 valence electrons. The number of aliphatic carboxylic acids is 1. The summed E-state index contributed by atoms with van der Waals surface area (Å²) < 4.78 is 23.3. The fourth-order valence-corrected chi connectivity index (χ4v) is 12.5. The Labute approximate surface area is 526 Å². The van der Waals surface area contributed by atoms with Gasteiger partial charge in [-0.1, -0.05) is 85.2 Å². The highest BCUT2D eigenvalue weighted by Gasteiger charge is 2.49. The first-order valence-corrected chi connectivity index (χ1v) is 30.7. The van der Waals surface area contributed by atoms with E-state index in [9.17, 15) is 63.9 Å². The van der Waals surface area contributed by atoms with Crippen molar-refractivity contribution in [3.63, 3.8) is 0 Å². The van der Waals surface area contributed by atoms with Crippen LogP contribution in [0.25, 0.3) is 0 Å². The van der Waals surface area contributed by atoms with Crippen molar-refractivity contribution in [3.8, 4) is 5.75 Å². The molecule has 5 rings (SSSR count). The van der Waals surface area contributed by atoms with E-state index in [0.717, 1.165) is 12.2 Å². The van der Waals surface area contributed by atoms with Crippen LogP contribution in [0.2, 0.25) is 0 Å². The van der Waals surface area contributed by atoms with E-state index in [-0.39, 0.29) is 65.5 Å². The summed E-state index contributed by atoms with van der Waals surface area (Å²) >= 11 is 0. The van der Waals surface area contributed by atoms with Gasteiger partial charge >= 0.3 is 5.97 Å². The molecule has 3 heterocycles. The molecule has 2 fully saturated rings. The molecule has 2 saturated heterocycles. The number of hydrogen-bond donors (Lipinski definition) is 10. The first kappa shape index (κ1) is 73.8. The summed E-state index contributed by atoms with van der Waals surface area (Å²) in [6.45, 7) is 14.5. The van der Waals surface area contributed by atoms with Crippen molar-refractivity contribution in [3.05, 3.63) is 71.8 Å². The van der Waals surface area contributed by atoms with E-state index >= 15 is 4.79 Å². The van der Waals surface area contributed by atoms with Crippen LogP contribution in [0, 0.1) is 23.7 Å². The topological polar surface area (TPSA) is 376 Å². The number of carbonyl (C=O) groups excluding carboxylic acids is 8. The predicted octanol–water partition coefficient (Wildman–Crippen LogP) is 0.555. The van der Waals surface area contributed by atoms with Crippen LogP contribution in [0.1, 0.15) is 105 Å². The van der Waals surface area contributed by atoms with Gasteiger partial charge in [-0.05, 0) is 55.4 Å². The Morgan fingerprint density at radius 2 is 1.49 bits per heavy atom. The van der Waals surface area contributed by atoms with Gasteiger partial charge in [-0.3, -0.25) is 43.3 Å². The number of likely N-dealkylation sites (N-methyl/N-ethyl adjacent to an activating group) is 2. The molecular weight excluding hydrogens is 1170 g/mol. The van der Waals surface area contributed by atoms with Gasteiger partial charge in [0.1, 0.15) is 42.7 Å². The van der Waals surface area contributed by atoms with E-state index < -0.39 is 145 Å². The number of benzene rings is 2.